The number of rotatable bonds is 4. The lowest BCUT2D eigenvalue weighted by Crippen LogP contribution is -2.35. The Balaban J connectivity index is 1.48. The third-order valence-electron chi connectivity index (χ3n) is 5.41. The minimum Gasteiger partial charge on any atom is -0.334 e. The van der Waals surface area contributed by atoms with Crippen molar-refractivity contribution in [2.75, 3.05) is 0 Å². The first kappa shape index (κ1) is 22.3. The second kappa shape index (κ2) is 8.35. The highest BCUT2D eigenvalue weighted by atomic mass is 19.4. The van der Waals surface area contributed by atoms with Crippen LogP contribution in [0.3, 0.4) is 0 Å². The topological polar surface area (TPSA) is 93.8 Å². The van der Waals surface area contributed by atoms with Crippen molar-refractivity contribution in [2.45, 2.75) is 12.7 Å². The molecule has 0 amide bonds. The number of H-pyrrole nitrogens is 1. The number of halogens is 4. The number of nitrogens with one attached hydrogen (secondary N) is 1. The molecule has 3 aromatic carbocycles. The maximum atomic E-state index is 14.0. The Hall–Kier alpha value is -4.54. The molecule has 0 aliphatic carbocycles. The fraction of sp³-hybridized carbons (Fsp3) is 0.0833. The van der Waals surface area contributed by atoms with Crippen molar-refractivity contribution in [3.8, 4) is 22.8 Å². The SMILES string of the molecule is O=c1[nH]c2cc(-c3nc(-c4ccc(C(F)(F)F)cc4)no3)ccc2c(=O)n1Cc1ccccc1F. The van der Waals surface area contributed by atoms with Gasteiger partial charge >= 0.3 is 11.9 Å². The molecular weight excluding hydrogens is 468 g/mol. The molecule has 7 nitrogen and oxygen atoms in total. The first-order valence-corrected chi connectivity index (χ1v) is 10.2. The molecule has 11 heteroatoms. The molecule has 0 unspecified atom stereocenters. The summed E-state index contributed by atoms with van der Waals surface area (Å²) < 4.78 is 58.4. The van der Waals surface area contributed by atoms with Crippen molar-refractivity contribution >= 4 is 10.9 Å². The van der Waals surface area contributed by atoms with Gasteiger partial charge in [0.1, 0.15) is 5.82 Å². The number of hydrogen-bond donors (Lipinski definition) is 1. The lowest BCUT2D eigenvalue weighted by atomic mass is 10.1. The molecule has 0 radical (unpaired) electrons. The zero-order valence-corrected chi connectivity index (χ0v) is 17.6. The zero-order valence-electron chi connectivity index (χ0n) is 17.6. The van der Waals surface area contributed by atoms with Crippen LogP contribution in [0.25, 0.3) is 33.7 Å². The summed E-state index contributed by atoms with van der Waals surface area (Å²) in [6.45, 7) is -0.237. The summed E-state index contributed by atoms with van der Waals surface area (Å²) in [6.07, 6.45) is -4.46. The van der Waals surface area contributed by atoms with Crippen LogP contribution in [0, 0.1) is 5.82 Å². The normalized spacial score (nSPS) is 11.8. The van der Waals surface area contributed by atoms with E-state index in [4.69, 9.17) is 4.52 Å². The average Bonchev–Trinajstić information content (AvgIpc) is 3.32. The molecule has 0 atom stereocenters. The monoisotopic (exact) mass is 482 g/mol. The van der Waals surface area contributed by atoms with Gasteiger partial charge in [-0.15, -0.1) is 0 Å². The van der Waals surface area contributed by atoms with Crippen LogP contribution in [0.5, 0.6) is 0 Å². The number of benzene rings is 3. The Morgan fingerprint density at radius 3 is 2.37 bits per heavy atom. The molecule has 5 rings (SSSR count). The summed E-state index contributed by atoms with van der Waals surface area (Å²) in [5, 5.41) is 3.99. The number of nitrogens with zero attached hydrogens (tertiary/aromatic N) is 3. The van der Waals surface area contributed by atoms with E-state index in [2.05, 4.69) is 15.1 Å². The quantitative estimate of drug-likeness (QED) is 0.378. The van der Waals surface area contributed by atoms with Crippen molar-refractivity contribution in [2.24, 2.45) is 0 Å². The summed E-state index contributed by atoms with van der Waals surface area (Å²) in [5.74, 6) is -0.421. The number of fused-ring (bicyclic) bond motifs is 1. The van der Waals surface area contributed by atoms with Gasteiger partial charge in [-0.1, -0.05) is 35.5 Å². The number of aromatic nitrogens is 4. The highest BCUT2D eigenvalue weighted by Gasteiger charge is 2.30. The number of alkyl halides is 3. The second-order valence-electron chi connectivity index (χ2n) is 7.67. The van der Waals surface area contributed by atoms with Crippen LogP contribution >= 0.6 is 0 Å². The summed E-state index contributed by atoms with van der Waals surface area (Å²) in [6, 6.07) is 14.6. The van der Waals surface area contributed by atoms with Crippen molar-refractivity contribution < 1.29 is 22.1 Å². The van der Waals surface area contributed by atoms with Crippen LogP contribution < -0.4 is 11.2 Å². The van der Waals surface area contributed by atoms with Crippen LogP contribution in [0.1, 0.15) is 11.1 Å². The summed E-state index contributed by atoms with van der Waals surface area (Å²) in [7, 11) is 0. The van der Waals surface area contributed by atoms with Gasteiger partial charge in [0, 0.05) is 16.7 Å². The minimum absolute atomic E-state index is 0.0400. The standard InChI is InChI=1S/C24H14F4N4O3/c25-18-4-2-1-3-15(18)12-32-22(33)17-10-7-14(11-19(17)29-23(32)34)21-30-20(31-35-21)13-5-8-16(9-6-13)24(26,27)28/h1-11H,12H2,(H,29,34). The van der Waals surface area contributed by atoms with E-state index < -0.39 is 28.8 Å². The Labute approximate surface area is 193 Å². The highest BCUT2D eigenvalue weighted by molar-refractivity contribution is 5.82. The Kier molecular flexibility index (Phi) is 5.31. The van der Waals surface area contributed by atoms with E-state index in [-0.39, 0.29) is 34.7 Å². The molecule has 5 aromatic rings. The summed E-state index contributed by atoms with van der Waals surface area (Å²) >= 11 is 0. The fourth-order valence-corrected chi connectivity index (χ4v) is 3.59. The molecule has 0 bridgehead atoms. The lowest BCUT2D eigenvalue weighted by Gasteiger charge is -2.08. The van der Waals surface area contributed by atoms with E-state index >= 15 is 0 Å². The van der Waals surface area contributed by atoms with Gasteiger partial charge in [-0.2, -0.15) is 18.2 Å². The minimum atomic E-state index is -4.46. The van der Waals surface area contributed by atoms with Crippen molar-refractivity contribution in [3.05, 3.63) is 105 Å². The maximum Gasteiger partial charge on any atom is 0.416 e. The van der Waals surface area contributed by atoms with Crippen LogP contribution in [0.15, 0.2) is 80.8 Å². The van der Waals surface area contributed by atoms with Gasteiger partial charge in [-0.25, -0.2) is 9.18 Å². The van der Waals surface area contributed by atoms with Crippen LogP contribution in [0.4, 0.5) is 17.6 Å². The first-order chi connectivity index (χ1) is 16.7. The molecule has 0 saturated heterocycles. The molecular formula is C24H14F4N4O3. The Morgan fingerprint density at radius 2 is 1.66 bits per heavy atom. The molecule has 1 N–H and O–H groups in total. The van der Waals surface area contributed by atoms with Crippen molar-refractivity contribution in [1.29, 1.82) is 0 Å². The van der Waals surface area contributed by atoms with E-state index in [1.54, 1.807) is 6.07 Å². The van der Waals surface area contributed by atoms with Gasteiger partial charge in [0.15, 0.2) is 0 Å². The lowest BCUT2D eigenvalue weighted by molar-refractivity contribution is -0.137. The molecule has 2 aromatic heterocycles. The first-order valence-electron chi connectivity index (χ1n) is 10.2. The molecule has 0 aliphatic heterocycles. The predicted octanol–water partition coefficient (Wildman–Crippen LogP) is 4.61. The van der Waals surface area contributed by atoms with Crippen molar-refractivity contribution in [1.82, 2.24) is 19.7 Å². The maximum absolute atomic E-state index is 14.0. The second-order valence-corrected chi connectivity index (χ2v) is 7.67. The fourth-order valence-electron chi connectivity index (χ4n) is 3.59. The molecule has 35 heavy (non-hydrogen) atoms. The van der Waals surface area contributed by atoms with Crippen molar-refractivity contribution in [3.63, 3.8) is 0 Å². The molecule has 0 fully saturated rings. The van der Waals surface area contributed by atoms with Crippen LogP contribution in [-0.4, -0.2) is 19.7 Å². The molecule has 0 saturated carbocycles. The highest BCUT2D eigenvalue weighted by Crippen LogP contribution is 2.31. The average molecular weight is 482 g/mol. The third kappa shape index (κ3) is 4.23. The van der Waals surface area contributed by atoms with Crippen LogP contribution in [0.2, 0.25) is 0 Å². The van der Waals surface area contributed by atoms with Gasteiger partial charge < -0.3 is 9.51 Å². The van der Waals surface area contributed by atoms with Gasteiger partial charge in [0.25, 0.3) is 11.4 Å². The number of hydrogen-bond acceptors (Lipinski definition) is 5. The number of aromatic amines is 1. The van der Waals surface area contributed by atoms with E-state index in [0.717, 1.165) is 16.7 Å². The molecule has 2 heterocycles. The third-order valence-corrected chi connectivity index (χ3v) is 5.41. The molecule has 0 aliphatic rings. The summed E-state index contributed by atoms with van der Waals surface area (Å²) in [5.41, 5.74) is -1.03. The Morgan fingerprint density at radius 1 is 0.943 bits per heavy atom. The van der Waals surface area contributed by atoms with Gasteiger partial charge in [0.2, 0.25) is 5.82 Å². The van der Waals surface area contributed by atoms with Gasteiger partial charge in [-0.3, -0.25) is 9.36 Å². The van der Waals surface area contributed by atoms with E-state index in [9.17, 15) is 27.2 Å². The van der Waals surface area contributed by atoms with E-state index in [0.29, 0.717) is 11.1 Å². The van der Waals surface area contributed by atoms with Gasteiger partial charge in [-0.05, 0) is 36.4 Å². The zero-order chi connectivity index (χ0) is 24.7. The van der Waals surface area contributed by atoms with E-state index in [1.165, 1.54) is 48.5 Å². The Bertz CT molecular complexity index is 1670. The smallest absolute Gasteiger partial charge is 0.334 e. The van der Waals surface area contributed by atoms with Crippen LogP contribution in [-0.2, 0) is 12.7 Å². The predicted molar refractivity (Wildman–Crippen MR) is 118 cm³/mol. The summed E-state index contributed by atoms with van der Waals surface area (Å²) in [4.78, 5) is 32.2. The van der Waals surface area contributed by atoms with E-state index in [1.807, 2.05) is 0 Å². The molecule has 176 valence electrons. The molecule has 0 spiro atoms. The largest absolute Gasteiger partial charge is 0.416 e. The van der Waals surface area contributed by atoms with Gasteiger partial charge in [0.05, 0.1) is 23.0 Å².